The Balaban J connectivity index is 3.09. The van der Waals surface area contributed by atoms with Crippen LogP contribution in [0.1, 0.15) is 51.9 Å². The van der Waals surface area contributed by atoms with Crippen LogP contribution in [0.25, 0.3) is 0 Å². The molecule has 0 atom stereocenters. The molecular weight excluding hydrogens is 616 g/mol. The lowest BCUT2D eigenvalue weighted by Crippen LogP contribution is -2.15. The Kier molecular flexibility index (Phi) is 41.7. The number of unbranched alkanes of at least 4 members (excludes halogenated alkanes) is 5. The van der Waals surface area contributed by atoms with E-state index in [-0.39, 0.29) is 12.6 Å². The Morgan fingerprint density at radius 1 is 0.404 bits per heavy atom. The fraction of sp³-hybridized carbons (Fsp3) is 0.912. The lowest BCUT2D eigenvalue weighted by Gasteiger charge is -2.09. The first-order chi connectivity index (χ1) is 23.3. The van der Waals surface area contributed by atoms with Crippen LogP contribution in [-0.2, 0) is 61.6 Å². The normalized spacial score (nSPS) is 11.3. The van der Waals surface area contributed by atoms with E-state index >= 15 is 0 Å². The molecule has 0 aromatic heterocycles. The van der Waals surface area contributed by atoms with E-state index < -0.39 is 0 Å². The standard InChI is InChI=1S/C34H66O13/c1-3-5-6-7-8-9-10-34(35)47-33-32-46-31-30-45-29-28-44-27-26-43-25-24-42-23-22-41-21-20-40-19-18-39-17-16-38-15-14-37-13-12-36-11-4-2/h4H,2-3,5-33H2,1H3. The van der Waals surface area contributed by atoms with Crippen LogP contribution in [0.3, 0.4) is 0 Å². The molecular formula is C34H66O13. The van der Waals surface area contributed by atoms with Crippen molar-refractivity contribution in [3.8, 4) is 0 Å². The van der Waals surface area contributed by atoms with Crippen molar-refractivity contribution >= 4 is 5.97 Å². The van der Waals surface area contributed by atoms with E-state index in [1.54, 1.807) is 6.08 Å². The van der Waals surface area contributed by atoms with Gasteiger partial charge in [-0.2, -0.15) is 0 Å². The van der Waals surface area contributed by atoms with Gasteiger partial charge in [0.1, 0.15) is 6.61 Å². The van der Waals surface area contributed by atoms with Crippen LogP contribution < -0.4 is 0 Å². The molecule has 0 aliphatic rings. The summed E-state index contributed by atoms with van der Waals surface area (Å²) < 4.78 is 64.9. The van der Waals surface area contributed by atoms with E-state index in [2.05, 4.69) is 13.5 Å². The molecule has 0 aliphatic heterocycles. The van der Waals surface area contributed by atoms with Gasteiger partial charge in [0.25, 0.3) is 0 Å². The van der Waals surface area contributed by atoms with Gasteiger partial charge >= 0.3 is 5.97 Å². The largest absolute Gasteiger partial charge is 0.463 e. The number of esters is 1. The Labute approximate surface area is 284 Å². The van der Waals surface area contributed by atoms with Crippen molar-refractivity contribution in [3.05, 3.63) is 12.7 Å². The quantitative estimate of drug-likeness (QED) is 0.0529. The highest BCUT2D eigenvalue weighted by molar-refractivity contribution is 5.69. The first-order valence-corrected chi connectivity index (χ1v) is 17.4. The van der Waals surface area contributed by atoms with Crippen LogP contribution in [0.15, 0.2) is 12.7 Å². The SMILES string of the molecule is C=CCOCCOCCOCCOCCOCCOCCOCCOCCOCCOCCOCCOC(=O)CCCCCCCC. The molecule has 0 saturated heterocycles. The van der Waals surface area contributed by atoms with E-state index in [1.807, 2.05) is 0 Å². The molecule has 0 rings (SSSR count). The molecule has 0 aliphatic carbocycles. The molecule has 0 fully saturated rings. The summed E-state index contributed by atoms with van der Waals surface area (Å²) in [6.45, 7) is 17.1. The van der Waals surface area contributed by atoms with Crippen molar-refractivity contribution in [1.29, 1.82) is 0 Å². The van der Waals surface area contributed by atoms with Gasteiger partial charge in [0, 0.05) is 6.42 Å². The molecule has 0 unspecified atom stereocenters. The van der Waals surface area contributed by atoms with Crippen molar-refractivity contribution in [2.24, 2.45) is 0 Å². The molecule has 0 saturated carbocycles. The van der Waals surface area contributed by atoms with Crippen molar-refractivity contribution in [1.82, 2.24) is 0 Å². The summed E-state index contributed by atoms with van der Waals surface area (Å²) in [5, 5.41) is 0. The molecule has 0 radical (unpaired) electrons. The van der Waals surface area contributed by atoms with Crippen LogP contribution in [0, 0.1) is 0 Å². The number of ether oxygens (including phenoxy) is 12. The maximum Gasteiger partial charge on any atom is 0.305 e. The average molecular weight is 683 g/mol. The zero-order chi connectivity index (χ0) is 34.0. The van der Waals surface area contributed by atoms with Crippen molar-refractivity contribution < 1.29 is 61.6 Å². The minimum absolute atomic E-state index is 0.144. The van der Waals surface area contributed by atoms with E-state index in [1.165, 1.54) is 25.7 Å². The zero-order valence-electron chi connectivity index (χ0n) is 29.3. The van der Waals surface area contributed by atoms with Crippen LogP contribution in [0.4, 0.5) is 0 Å². The molecule has 0 N–H and O–H groups in total. The number of hydrogen-bond acceptors (Lipinski definition) is 13. The third-order valence-corrected chi connectivity index (χ3v) is 6.18. The number of carbonyl (C=O) groups is 1. The molecule has 0 aromatic rings. The van der Waals surface area contributed by atoms with Gasteiger partial charge in [-0.15, -0.1) is 6.58 Å². The second-order valence-electron chi connectivity index (χ2n) is 10.2. The van der Waals surface area contributed by atoms with E-state index in [4.69, 9.17) is 56.8 Å². The average Bonchev–Trinajstić information content (AvgIpc) is 3.08. The molecule has 0 spiro atoms. The summed E-state index contributed by atoms with van der Waals surface area (Å²) in [7, 11) is 0. The monoisotopic (exact) mass is 682 g/mol. The number of rotatable bonds is 42. The first kappa shape index (κ1) is 45.8. The summed E-state index contributed by atoms with van der Waals surface area (Å²) in [5.74, 6) is -0.144. The molecule has 0 aromatic carbocycles. The lowest BCUT2D eigenvalue weighted by atomic mass is 10.1. The molecule has 13 heteroatoms. The fourth-order valence-corrected chi connectivity index (χ4v) is 3.70. The Hall–Kier alpha value is -1.23. The highest BCUT2D eigenvalue weighted by atomic mass is 16.6. The summed E-state index contributed by atoms with van der Waals surface area (Å²) in [5.41, 5.74) is 0. The van der Waals surface area contributed by atoms with E-state index in [0.29, 0.717) is 152 Å². The van der Waals surface area contributed by atoms with Crippen molar-refractivity contribution in [2.75, 3.05) is 152 Å². The second-order valence-corrected chi connectivity index (χ2v) is 10.2. The van der Waals surface area contributed by atoms with Crippen LogP contribution >= 0.6 is 0 Å². The second kappa shape index (κ2) is 42.8. The minimum atomic E-state index is -0.144. The maximum atomic E-state index is 11.7. The molecule has 0 amide bonds. The molecule has 280 valence electrons. The summed E-state index contributed by atoms with van der Waals surface area (Å²) in [6.07, 6.45) is 9.13. The molecule has 13 nitrogen and oxygen atoms in total. The number of hydrogen-bond donors (Lipinski definition) is 0. The van der Waals surface area contributed by atoms with Crippen molar-refractivity contribution in [3.63, 3.8) is 0 Å². The smallest absolute Gasteiger partial charge is 0.305 e. The Morgan fingerprint density at radius 3 is 1.00 bits per heavy atom. The summed E-state index contributed by atoms with van der Waals surface area (Å²) >= 11 is 0. The van der Waals surface area contributed by atoms with Crippen LogP contribution in [0.5, 0.6) is 0 Å². The van der Waals surface area contributed by atoms with E-state index in [9.17, 15) is 4.79 Å². The van der Waals surface area contributed by atoms with Gasteiger partial charge in [-0.1, -0.05) is 45.1 Å². The predicted molar refractivity (Wildman–Crippen MR) is 178 cm³/mol. The van der Waals surface area contributed by atoms with Crippen LogP contribution in [-0.4, -0.2) is 158 Å². The lowest BCUT2D eigenvalue weighted by molar-refractivity contribution is -0.145. The minimum Gasteiger partial charge on any atom is -0.463 e. The highest BCUT2D eigenvalue weighted by Gasteiger charge is 2.02. The first-order valence-electron chi connectivity index (χ1n) is 17.4. The summed E-state index contributed by atoms with van der Waals surface area (Å²) in [4.78, 5) is 11.7. The van der Waals surface area contributed by atoms with Gasteiger partial charge in [-0.3, -0.25) is 4.79 Å². The Morgan fingerprint density at radius 2 is 0.681 bits per heavy atom. The predicted octanol–water partition coefficient (Wildman–Crippen LogP) is 3.65. The maximum absolute atomic E-state index is 11.7. The van der Waals surface area contributed by atoms with Gasteiger partial charge in [0.15, 0.2) is 0 Å². The van der Waals surface area contributed by atoms with Gasteiger partial charge in [-0.05, 0) is 6.42 Å². The van der Waals surface area contributed by atoms with Gasteiger partial charge < -0.3 is 56.8 Å². The third-order valence-electron chi connectivity index (χ3n) is 6.18. The van der Waals surface area contributed by atoms with Gasteiger partial charge in [0.2, 0.25) is 0 Å². The fourth-order valence-electron chi connectivity index (χ4n) is 3.70. The number of carbonyl (C=O) groups excluding carboxylic acids is 1. The Bertz CT molecular complexity index is 613. The summed E-state index contributed by atoms with van der Waals surface area (Å²) in [6, 6.07) is 0. The highest BCUT2D eigenvalue weighted by Crippen LogP contribution is 2.07. The molecule has 0 heterocycles. The van der Waals surface area contributed by atoms with Gasteiger partial charge in [0.05, 0.1) is 145 Å². The topological polar surface area (TPSA) is 128 Å². The van der Waals surface area contributed by atoms with Crippen LogP contribution in [0.2, 0.25) is 0 Å². The third kappa shape index (κ3) is 42.7. The molecule has 47 heavy (non-hydrogen) atoms. The van der Waals surface area contributed by atoms with Crippen molar-refractivity contribution in [2.45, 2.75) is 51.9 Å². The molecule has 0 bridgehead atoms. The van der Waals surface area contributed by atoms with Gasteiger partial charge in [-0.25, -0.2) is 0 Å². The van der Waals surface area contributed by atoms with E-state index in [0.717, 1.165) is 12.8 Å². The zero-order valence-corrected chi connectivity index (χ0v) is 29.3.